The summed E-state index contributed by atoms with van der Waals surface area (Å²) in [6, 6.07) is 1.77. The van der Waals surface area contributed by atoms with Crippen molar-refractivity contribution >= 4 is 62.3 Å². The van der Waals surface area contributed by atoms with Crippen LogP contribution in [0.1, 0.15) is 12.8 Å². The highest BCUT2D eigenvalue weighted by Gasteiger charge is 2.41. The Balaban J connectivity index is 0.0000231. The molecule has 2 unspecified atom stereocenters. The van der Waals surface area contributed by atoms with Gasteiger partial charge in [-0.3, -0.25) is 9.80 Å². The van der Waals surface area contributed by atoms with Gasteiger partial charge in [0, 0.05) is 52.5 Å². The number of aliphatic hydroxyl groups is 2. The van der Waals surface area contributed by atoms with Gasteiger partial charge in [-0.15, -0.1) is 0 Å². The van der Waals surface area contributed by atoms with Gasteiger partial charge in [0.2, 0.25) is 0 Å². The van der Waals surface area contributed by atoms with Crippen LogP contribution in [0.5, 0.6) is 0 Å². The van der Waals surface area contributed by atoms with Crippen molar-refractivity contribution in [1.29, 1.82) is 0 Å². The van der Waals surface area contributed by atoms with Gasteiger partial charge in [-0.25, -0.2) is 9.59 Å². The average Bonchev–Trinajstić information content (AvgIpc) is 3.13. The number of likely N-dealkylation sites (N-methyl/N-ethyl adjacent to an activating group) is 2. The van der Waals surface area contributed by atoms with Crippen LogP contribution in [0, 0.1) is 0 Å². The number of carbonyl (C=O) groups excluding carboxylic acids is 2. The third kappa shape index (κ3) is 33.8. The lowest BCUT2D eigenvalue weighted by atomic mass is 10.2. The molecule has 2 rings (SSSR count). The van der Waals surface area contributed by atoms with E-state index in [9.17, 15) is 19.8 Å². The van der Waals surface area contributed by atoms with Crippen molar-refractivity contribution in [2.75, 3.05) is 145 Å². The standard InChI is InChI=1S/C44H100N4O13Si6.2ClH/c1-47(23-19-45(20-24-47)35-41(49)39-54-27-17-33-66(15,58-62(3,4)5)59-63(6,7)8)37-43(51)56-31-29-53-30-32-57-44(52)38-48(2)25-21-46(22-26-48)36-42(50)40-55-28-18-34-67(16,60-64(9,10)11)61-65(12,13)14;;/h41-42,49-50H,17-40H2,1-16H3;2*1H/q+2;;/p-2. The minimum atomic E-state index is -2.29. The Morgan fingerprint density at radius 3 is 1.04 bits per heavy atom. The van der Waals surface area contributed by atoms with Crippen LogP contribution in [0.2, 0.25) is 104 Å². The maximum Gasteiger partial charge on any atom is 0.361 e. The summed E-state index contributed by atoms with van der Waals surface area (Å²) in [6.45, 7) is 41.2. The first-order valence-corrected chi connectivity index (χ1v) is 43.7. The third-order valence-corrected chi connectivity index (χ3v) is 30.5. The molecule has 0 aromatic carbocycles. The van der Waals surface area contributed by atoms with Crippen LogP contribution < -0.4 is 24.8 Å². The Kier molecular flexibility index (Phi) is 31.5. The van der Waals surface area contributed by atoms with Crippen LogP contribution >= 0.6 is 0 Å². The van der Waals surface area contributed by atoms with E-state index in [2.05, 4.69) is 116 Å². The number of piperazine rings is 2. The van der Waals surface area contributed by atoms with Crippen molar-refractivity contribution in [3.05, 3.63) is 0 Å². The molecule has 0 radical (unpaired) electrons. The van der Waals surface area contributed by atoms with Crippen molar-refractivity contribution in [1.82, 2.24) is 9.80 Å². The molecule has 2 N–H and O–H groups in total. The van der Waals surface area contributed by atoms with Gasteiger partial charge in [-0.05, 0) is 117 Å². The number of halogens is 2. The maximum absolute atomic E-state index is 12.7. The molecule has 69 heavy (non-hydrogen) atoms. The highest BCUT2D eigenvalue weighted by atomic mass is 35.5. The Morgan fingerprint density at radius 2 is 0.768 bits per heavy atom. The van der Waals surface area contributed by atoms with E-state index in [4.69, 9.17) is 40.1 Å². The summed E-state index contributed by atoms with van der Waals surface area (Å²) in [6.07, 6.45) is 0.544. The highest BCUT2D eigenvalue weighted by molar-refractivity contribution is 6.88. The molecule has 0 saturated carbocycles. The molecule has 0 bridgehead atoms. The number of rotatable bonds is 34. The molecule has 2 atom stereocenters. The second-order valence-electron chi connectivity index (χ2n) is 23.9. The first-order chi connectivity index (χ1) is 30.7. The summed E-state index contributed by atoms with van der Waals surface area (Å²) < 4.78 is 55.8. The quantitative estimate of drug-likeness (QED) is 0.0339. The zero-order valence-electron chi connectivity index (χ0n) is 46.1. The van der Waals surface area contributed by atoms with Crippen molar-refractivity contribution in [3.8, 4) is 0 Å². The fourth-order valence-electron chi connectivity index (χ4n) is 8.87. The van der Waals surface area contributed by atoms with Crippen LogP contribution in [0.4, 0.5) is 0 Å². The molecule has 17 nitrogen and oxygen atoms in total. The highest BCUT2D eigenvalue weighted by Crippen LogP contribution is 2.27. The van der Waals surface area contributed by atoms with E-state index >= 15 is 0 Å². The molecule has 0 aromatic heterocycles. The summed E-state index contributed by atoms with van der Waals surface area (Å²) in [5, 5.41) is 21.4. The molecule has 2 aliphatic rings. The lowest BCUT2D eigenvalue weighted by Crippen LogP contribution is -3.00. The van der Waals surface area contributed by atoms with Gasteiger partial charge in [0.25, 0.3) is 0 Å². The molecule has 2 fully saturated rings. The Labute approximate surface area is 437 Å². The normalized spacial score (nSPS) is 18.5. The zero-order valence-corrected chi connectivity index (χ0v) is 53.6. The first kappa shape index (κ1) is 69.3. The number of aliphatic hydroxyl groups excluding tert-OH is 2. The van der Waals surface area contributed by atoms with E-state index in [-0.39, 0.29) is 89.5 Å². The van der Waals surface area contributed by atoms with E-state index in [0.717, 1.165) is 77.3 Å². The van der Waals surface area contributed by atoms with Crippen molar-refractivity contribution in [2.24, 2.45) is 0 Å². The van der Waals surface area contributed by atoms with Gasteiger partial charge in [-0.1, -0.05) is 0 Å². The number of nitrogens with zero attached hydrogens (tertiary/aromatic N) is 4. The summed E-state index contributed by atoms with van der Waals surface area (Å²) in [7, 11) is -7.41. The smallest absolute Gasteiger partial charge is 0.361 e. The molecule has 0 spiro atoms. The summed E-state index contributed by atoms with van der Waals surface area (Å²) in [5.74, 6) is -0.535. The Hall–Kier alpha value is 0.301. The predicted molar refractivity (Wildman–Crippen MR) is 281 cm³/mol. The van der Waals surface area contributed by atoms with Crippen LogP contribution in [0.15, 0.2) is 0 Å². The molecular weight excluding hydrogens is 1030 g/mol. The number of carbonyl (C=O) groups is 2. The van der Waals surface area contributed by atoms with Gasteiger partial charge >= 0.3 is 29.1 Å². The monoisotopic (exact) mass is 1130 g/mol. The van der Waals surface area contributed by atoms with Gasteiger partial charge in [0.05, 0.1) is 78.9 Å². The van der Waals surface area contributed by atoms with Crippen LogP contribution in [-0.4, -0.2) is 249 Å². The average molecular weight is 1130 g/mol. The molecule has 412 valence electrons. The SMILES string of the molecule is C[N+]1(CC(=O)OCCOCCOC(=O)C[N+]2(C)CCN(CC(O)COCCC[Si](C)(O[Si](C)(C)C)O[Si](C)(C)C)CC2)CCN(CC(O)COCCC[Si](C)(O[Si](C)(C)C)O[Si](C)(C)C)CC1.[Cl-].[Cl-]. The molecule has 25 heteroatoms. The predicted octanol–water partition coefficient (Wildman–Crippen LogP) is -1.29. The van der Waals surface area contributed by atoms with E-state index < -0.39 is 62.6 Å². The fourth-order valence-corrected chi connectivity index (χ4v) is 33.9. The van der Waals surface area contributed by atoms with E-state index in [0.29, 0.717) is 35.3 Å². The van der Waals surface area contributed by atoms with Crippen LogP contribution in [0.25, 0.3) is 0 Å². The molecule has 2 heterocycles. The maximum atomic E-state index is 12.7. The minimum Gasteiger partial charge on any atom is -1.00 e. The number of β-amino-alcohol motifs (C(OH)–C–C–N with tert-alkyl or cyclic N) is 2. The van der Waals surface area contributed by atoms with Crippen LogP contribution in [-0.2, 0) is 49.7 Å². The Morgan fingerprint density at radius 1 is 0.478 bits per heavy atom. The molecular formula is C44H100Cl2N4O13Si6. The largest absolute Gasteiger partial charge is 1.00 e. The number of esters is 2. The lowest BCUT2D eigenvalue weighted by molar-refractivity contribution is -0.906. The summed E-state index contributed by atoms with van der Waals surface area (Å²) in [4.78, 5) is 29.9. The van der Waals surface area contributed by atoms with Crippen molar-refractivity contribution in [3.63, 3.8) is 0 Å². The molecule has 0 aliphatic carbocycles. The van der Waals surface area contributed by atoms with Crippen molar-refractivity contribution < 1.29 is 93.7 Å². The van der Waals surface area contributed by atoms with Gasteiger partial charge in [0.15, 0.2) is 46.4 Å². The molecule has 2 saturated heterocycles. The third-order valence-electron chi connectivity index (χ3n) is 11.3. The Bertz CT molecular complexity index is 1310. The van der Waals surface area contributed by atoms with Gasteiger partial charge < -0.3 is 84.1 Å². The lowest BCUT2D eigenvalue weighted by Gasteiger charge is -2.41. The van der Waals surface area contributed by atoms with E-state index in [1.165, 1.54) is 0 Å². The second-order valence-corrected chi connectivity index (χ2v) is 49.6. The number of quaternary nitrogens is 2. The van der Waals surface area contributed by atoms with Crippen LogP contribution in [0.3, 0.4) is 0 Å². The summed E-state index contributed by atoms with van der Waals surface area (Å²) >= 11 is 0. The molecule has 0 amide bonds. The fraction of sp³-hybridized carbons (Fsp3) is 0.955. The number of hydrogen-bond donors (Lipinski definition) is 2. The first-order valence-electron chi connectivity index (χ1n) is 25.0. The van der Waals surface area contributed by atoms with E-state index in [1.807, 2.05) is 0 Å². The van der Waals surface area contributed by atoms with Gasteiger partial charge in [0.1, 0.15) is 13.2 Å². The number of hydrogen-bond acceptors (Lipinski definition) is 15. The number of ether oxygens (including phenoxy) is 5. The second kappa shape index (κ2) is 31.4. The van der Waals surface area contributed by atoms with Gasteiger partial charge in [-0.2, -0.15) is 0 Å². The topological polar surface area (TPSA) is 164 Å². The summed E-state index contributed by atoms with van der Waals surface area (Å²) in [5.41, 5.74) is 0. The van der Waals surface area contributed by atoms with E-state index in [1.54, 1.807) is 0 Å². The minimum absolute atomic E-state index is 0. The molecule has 0 aromatic rings. The van der Waals surface area contributed by atoms with Crippen molar-refractivity contribution in [2.45, 2.75) is 129 Å². The zero-order chi connectivity index (χ0) is 50.8. The molecule has 2 aliphatic heterocycles.